The molecule has 2 unspecified atom stereocenters. The lowest BCUT2D eigenvalue weighted by atomic mass is 10.0. The van der Waals surface area contributed by atoms with Crippen LogP contribution in [0.4, 0.5) is 4.79 Å². The van der Waals surface area contributed by atoms with Crippen molar-refractivity contribution < 1.29 is 19.8 Å². The van der Waals surface area contributed by atoms with Gasteiger partial charge in [0.1, 0.15) is 6.04 Å². The number of carbonyl (C=O) groups is 2. The lowest BCUT2D eigenvalue weighted by molar-refractivity contribution is -0.139. The second kappa shape index (κ2) is 6.58. The van der Waals surface area contributed by atoms with E-state index in [1.54, 1.807) is 11.8 Å². The Morgan fingerprint density at radius 3 is 2.61 bits per heavy atom. The number of likely N-dealkylation sites (tertiary alicyclic amines) is 1. The summed E-state index contributed by atoms with van der Waals surface area (Å²) in [5.41, 5.74) is 0. The average molecular weight is 258 g/mol. The summed E-state index contributed by atoms with van der Waals surface area (Å²) >= 11 is 0. The highest BCUT2D eigenvalue weighted by molar-refractivity contribution is 5.82. The molecule has 1 aliphatic heterocycles. The van der Waals surface area contributed by atoms with E-state index >= 15 is 0 Å². The van der Waals surface area contributed by atoms with Crippen molar-refractivity contribution in [3.8, 4) is 0 Å². The molecule has 1 rings (SSSR count). The lowest BCUT2D eigenvalue weighted by Gasteiger charge is -2.21. The summed E-state index contributed by atoms with van der Waals surface area (Å²) in [6.07, 6.45) is 1.45. The molecule has 3 atom stereocenters. The molecule has 6 heteroatoms. The van der Waals surface area contributed by atoms with Crippen LogP contribution in [0, 0.1) is 5.92 Å². The number of carbonyl (C=O) groups excluding carboxylic acids is 1. The first kappa shape index (κ1) is 14.8. The molecule has 1 fully saturated rings. The molecular formula is C12H22N2O4. The van der Waals surface area contributed by atoms with Gasteiger partial charge in [-0.25, -0.2) is 9.59 Å². The highest BCUT2D eigenvalue weighted by Crippen LogP contribution is 2.19. The number of aliphatic hydroxyl groups is 1. The molecule has 104 valence electrons. The third-order valence-electron chi connectivity index (χ3n) is 3.37. The monoisotopic (exact) mass is 258 g/mol. The van der Waals surface area contributed by atoms with Crippen LogP contribution in [0.1, 0.15) is 33.1 Å². The maximum atomic E-state index is 11.9. The minimum atomic E-state index is -1.00. The smallest absolute Gasteiger partial charge is 0.326 e. The van der Waals surface area contributed by atoms with Crippen molar-refractivity contribution in [2.45, 2.75) is 45.3 Å². The highest BCUT2D eigenvalue weighted by Gasteiger charge is 2.30. The number of hydrogen-bond donors (Lipinski definition) is 3. The van der Waals surface area contributed by atoms with Crippen LogP contribution in [0.15, 0.2) is 0 Å². The fourth-order valence-electron chi connectivity index (χ4n) is 2.15. The van der Waals surface area contributed by atoms with Crippen LogP contribution in [-0.4, -0.2) is 52.3 Å². The summed E-state index contributed by atoms with van der Waals surface area (Å²) in [7, 11) is 0. The van der Waals surface area contributed by atoms with Crippen LogP contribution in [0.2, 0.25) is 0 Å². The molecule has 1 saturated heterocycles. The molecule has 3 N–H and O–H groups in total. The van der Waals surface area contributed by atoms with Crippen molar-refractivity contribution >= 4 is 12.0 Å². The minimum Gasteiger partial charge on any atom is -0.480 e. The number of aliphatic hydroxyl groups excluding tert-OH is 1. The van der Waals surface area contributed by atoms with Crippen LogP contribution in [0.3, 0.4) is 0 Å². The van der Waals surface area contributed by atoms with Crippen LogP contribution in [-0.2, 0) is 4.79 Å². The summed E-state index contributed by atoms with van der Waals surface area (Å²) in [6.45, 7) is 4.65. The predicted octanol–water partition coefficient (Wildman–Crippen LogP) is 0.652. The lowest BCUT2D eigenvalue weighted by Crippen LogP contribution is -2.47. The quantitative estimate of drug-likeness (QED) is 0.675. The van der Waals surface area contributed by atoms with E-state index in [0.29, 0.717) is 25.9 Å². The Kier molecular flexibility index (Phi) is 5.40. The molecule has 1 aliphatic rings. The molecule has 0 aromatic rings. The maximum absolute atomic E-state index is 11.9. The van der Waals surface area contributed by atoms with Gasteiger partial charge in [-0.05, 0) is 19.8 Å². The third kappa shape index (κ3) is 3.87. The number of urea groups is 1. The fraction of sp³-hybridized carbons (Fsp3) is 0.833. The summed E-state index contributed by atoms with van der Waals surface area (Å²) in [5, 5.41) is 20.9. The van der Waals surface area contributed by atoms with Crippen LogP contribution >= 0.6 is 0 Å². The van der Waals surface area contributed by atoms with Gasteiger partial charge < -0.3 is 20.4 Å². The van der Waals surface area contributed by atoms with E-state index < -0.39 is 18.1 Å². The maximum Gasteiger partial charge on any atom is 0.326 e. The number of carboxylic acid groups (broad SMARTS) is 1. The highest BCUT2D eigenvalue weighted by atomic mass is 16.4. The minimum absolute atomic E-state index is 0.0882. The zero-order valence-corrected chi connectivity index (χ0v) is 10.9. The zero-order valence-electron chi connectivity index (χ0n) is 10.9. The first-order valence-corrected chi connectivity index (χ1v) is 6.42. The van der Waals surface area contributed by atoms with Crippen LogP contribution < -0.4 is 5.32 Å². The van der Waals surface area contributed by atoms with Gasteiger partial charge in [0.15, 0.2) is 0 Å². The number of aliphatic carboxylic acids is 1. The van der Waals surface area contributed by atoms with Crippen molar-refractivity contribution in [1.29, 1.82) is 0 Å². The van der Waals surface area contributed by atoms with Gasteiger partial charge in [0.25, 0.3) is 0 Å². The van der Waals surface area contributed by atoms with Gasteiger partial charge in [0.05, 0.1) is 6.10 Å². The van der Waals surface area contributed by atoms with Crippen molar-refractivity contribution in [3.63, 3.8) is 0 Å². The predicted molar refractivity (Wildman–Crippen MR) is 66.2 cm³/mol. The Morgan fingerprint density at radius 2 is 2.17 bits per heavy atom. The number of amides is 2. The molecule has 0 aromatic carbocycles. The van der Waals surface area contributed by atoms with Gasteiger partial charge >= 0.3 is 12.0 Å². The largest absolute Gasteiger partial charge is 0.480 e. The normalized spacial score (nSPS) is 22.6. The first-order valence-electron chi connectivity index (χ1n) is 6.42. The van der Waals surface area contributed by atoms with Crippen LogP contribution in [0.25, 0.3) is 0 Å². The zero-order chi connectivity index (χ0) is 13.7. The van der Waals surface area contributed by atoms with Crippen molar-refractivity contribution in [1.82, 2.24) is 10.2 Å². The Labute approximate surface area is 107 Å². The molecule has 1 heterocycles. The molecule has 6 nitrogen and oxygen atoms in total. The van der Waals surface area contributed by atoms with Crippen molar-refractivity contribution in [2.24, 2.45) is 5.92 Å². The van der Waals surface area contributed by atoms with E-state index in [-0.39, 0.29) is 11.9 Å². The first-order chi connectivity index (χ1) is 8.45. The molecule has 2 amide bonds. The Balaban J connectivity index is 2.48. The standard InChI is InChI=1S/C12H22N2O4/c1-3-4-10(11(16)17)13-12(18)14-6-5-9(7-14)8(2)15/h8-10,15H,3-7H2,1-2H3,(H,13,18)(H,16,17)/t8?,9?,10-/m1/s1. The van der Waals surface area contributed by atoms with E-state index in [0.717, 1.165) is 6.42 Å². The number of rotatable bonds is 5. The molecule has 0 spiro atoms. The molecular weight excluding hydrogens is 236 g/mol. The third-order valence-corrected chi connectivity index (χ3v) is 3.37. The number of carboxylic acids is 1. The number of nitrogens with one attached hydrogen (secondary N) is 1. The Morgan fingerprint density at radius 1 is 1.50 bits per heavy atom. The molecule has 0 radical (unpaired) electrons. The van der Waals surface area contributed by atoms with Gasteiger partial charge in [-0.3, -0.25) is 0 Å². The molecule has 18 heavy (non-hydrogen) atoms. The number of nitrogens with zero attached hydrogens (tertiary/aromatic N) is 1. The van der Waals surface area contributed by atoms with E-state index in [1.165, 1.54) is 0 Å². The van der Waals surface area contributed by atoms with Crippen LogP contribution in [0.5, 0.6) is 0 Å². The van der Waals surface area contributed by atoms with Gasteiger partial charge in [-0.1, -0.05) is 13.3 Å². The molecule has 0 bridgehead atoms. The topological polar surface area (TPSA) is 89.9 Å². The van der Waals surface area contributed by atoms with Gasteiger partial charge in [-0.2, -0.15) is 0 Å². The fourth-order valence-corrected chi connectivity index (χ4v) is 2.15. The Bertz CT molecular complexity index is 306. The van der Waals surface area contributed by atoms with Gasteiger partial charge in [-0.15, -0.1) is 0 Å². The summed E-state index contributed by atoms with van der Waals surface area (Å²) < 4.78 is 0. The Hall–Kier alpha value is -1.30. The summed E-state index contributed by atoms with van der Waals surface area (Å²) in [5.74, 6) is -0.915. The second-order valence-corrected chi connectivity index (χ2v) is 4.86. The summed E-state index contributed by atoms with van der Waals surface area (Å²) in [6, 6.07) is -1.17. The van der Waals surface area contributed by atoms with Gasteiger partial charge in [0, 0.05) is 19.0 Å². The second-order valence-electron chi connectivity index (χ2n) is 4.86. The summed E-state index contributed by atoms with van der Waals surface area (Å²) in [4.78, 5) is 24.4. The van der Waals surface area contributed by atoms with Gasteiger partial charge in [0.2, 0.25) is 0 Å². The molecule has 0 saturated carbocycles. The van der Waals surface area contributed by atoms with E-state index in [1.807, 2.05) is 6.92 Å². The van der Waals surface area contributed by atoms with E-state index in [4.69, 9.17) is 5.11 Å². The van der Waals surface area contributed by atoms with E-state index in [9.17, 15) is 14.7 Å². The molecule has 0 aromatic heterocycles. The number of hydrogen-bond acceptors (Lipinski definition) is 3. The van der Waals surface area contributed by atoms with Crippen molar-refractivity contribution in [2.75, 3.05) is 13.1 Å². The van der Waals surface area contributed by atoms with Crippen molar-refractivity contribution in [3.05, 3.63) is 0 Å². The SMILES string of the molecule is CCC[C@@H](NC(=O)N1CCC(C(C)O)C1)C(=O)O. The van der Waals surface area contributed by atoms with E-state index in [2.05, 4.69) is 5.32 Å². The molecule has 0 aliphatic carbocycles. The average Bonchev–Trinajstić information content (AvgIpc) is 2.77.